The Hall–Kier alpha value is -1.67. The largest absolute Gasteiger partial charge is 0.381 e. The standard InChI is InChI=1S/C18H29N5O3/c19-17-20-16(25)18(21-17)5-8-22(9-6-18)15(24)13-2-1-7-23(12-13)14-3-10-26-11-4-14/h13-14H,1-12H2,(H3,19,20,21,25)/t13-/m0/s1. The van der Waals surface area contributed by atoms with Crippen LogP contribution in [0.1, 0.15) is 38.5 Å². The van der Waals surface area contributed by atoms with Crippen LogP contribution in [0, 0.1) is 5.92 Å². The molecule has 144 valence electrons. The summed E-state index contributed by atoms with van der Waals surface area (Å²) in [5.41, 5.74) is 4.90. The molecule has 4 heterocycles. The maximum atomic E-state index is 13.0. The Morgan fingerprint density at radius 2 is 1.92 bits per heavy atom. The van der Waals surface area contributed by atoms with Gasteiger partial charge in [-0.3, -0.25) is 19.8 Å². The van der Waals surface area contributed by atoms with Gasteiger partial charge in [0.1, 0.15) is 5.54 Å². The number of carbonyl (C=O) groups is 2. The summed E-state index contributed by atoms with van der Waals surface area (Å²) in [6.07, 6.45) is 5.30. The summed E-state index contributed by atoms with van der Waals surface area (Å²) in [6, 6.07) is 0.559. The molecule has 0 aromatic carbocycles. The number of nitrogens with two attached hydrogens (primary N) is 1. The third-order valence-electron chi connectivity index (χ3n) is 6.41. The minimum Gasteiger partial charge on any atom is -0.381 e. The first-order valence-electron chi connectivity index (χ1n) is 9.85. The van der Waals surface area contributed by atoms with Crippen LogP contribution < -0.4 is 11.1 Å². The highest BCUT2D eigenvalue weighted by Crippen LogP contribution is 2.31. The van der Waals surface area contributed by atoms with E-state index in [-0.39, 0.29) is 23.7 Å². The summed E-state index contributed by atoms with van der Waals surface area (Å²) < 4.78 is 5.47. The van der Waals surface area contributed by atoms with E-state index >= 15 is 0 Å². The fraction of sp³-hybridized carbons (Fsp3) is 0.833. The number of hydrogen-bond acceptors (Lipinski definition) is 6. The van der Waals surface area contributed by atoms with Crippen molar-refractivity contribution in [2.45, 2.75) is 50.1 Å². The molecule has 1 spiro atoms. The van der Waals surface area contributed by atoms with Crippen molar-refractivity contribution in [1.82, 2.24) is 15.1 Å². The van der Waals surface area contributed by atoms with Crippen LogP contribution in [-0.4, -0.2) is 78.5 Å². The van der Waals surface area contributed by atoms with Crippen LogP contribution in [0.3, 0.4) is 0 Å². The molecule has 8 heteroatoms. The predicted octanol–water partition coefficient (Wildman–Crippen LogP) is -0.317. The zero-order valence-electron chi connectivity index (χ0n) is 15.3. The summed E-state index contributed by atoms with van der Waals surface area (Å²) in [6.45, 7) is 4.77. The van der Waals surface area contributed by atoms with Gasteiger partial charge >= 0.3 is 0 Å². The number of guanidine groups is 1. The molecule has 3 saturated heterocycles. The molecule has 0 saturated carbocycles. The molecule has 0 bridgehead atoms. The number of nitrogens with zero attached hydrogens (tertiary/aromatic N) is 3. The normalized spacial score (nSPS) is 30.3. The van der Waals surface area contributed by atoms with E-state index in [4.69, 9.17) is 10.5 Å². The van der Waals surface area contributed by atoms with Crippen LogP contribution >= 0.6 is 0 Å². The molecule has 3 fully saturated rings. The van der Waals surface area contributed by atoms with Gasteiger partial charge in [-0.1, -0.05) is 0 Å². The topological polar surface area (TPSA) is 100 Å². The molecule has 0 aromatic heterocycles. The van der Waals surface area contributed by atoms with E-state index in [1.165, 1.54) is 0 Å². The molecule has 0 unspecified atom stereocenters. The van der Waals surface area contributed by atoms with Gasteiger partial charge in [-0.05, 0) is 45.1 Å². The number of rotatable bonds is 2. The lowest BCUT2D eigenvalue weighted by Gasteiger charge is -2.42. The smallest absolute Gasteiger partial charge is 0.254 e. The summed E-state index contributed by atoms with van der Waals surface area (Å²) in [7, 11) is 0. The number of amides is 2. The number of ether oxygens (including phenoxy) is 1. The maximum absolute atomic E-state index is 13.0. The average molecular weight is 363 g/mol. The van der Waals surface area contributed by atoms with Gasteiger partial charge in [0.2, 0.25) is 5.91 Å². The molecule has 1 atom stereocenters. The van der Waals surface area contributed by atoms with Crippen LogP contribution in [0.4, 0.5) is 0 Å². The SMILES string of the molecule is NC1=NC2(CCN(C(=O)[C@H]3CCCN(C4CCOCC4)C3)CC2)C(=O)N1. The molecule has 4 aliphatic heterocycles. The molecule has 2 amide bonds. The lowest BCUT2D eigenvalue weighted by atomic mass is 9.86. The van der Waals surface area contributed by atoms with Crippen molar-refractivity contribution in [3.05, 3.63) is 0 Å². The second-order valence-corrected chi connectivity index (χ2v) is 7.99. The molecule has 3 N–H and O–H groups in total. The minimum atomic E-state index is -0.748. The van der Waals surface area contributed by atoms with E-state index in [1.54, 1.807) is 0 Å². The van der Waals surface area contributed by atoms with Crippen molar-refractivity contribution < 1.29 is 14.3 Å². The lowest BCUT2D eigenvalue weighted by molar-refractivity contribution is -0.141. The van der Waals surface area contributed by atoms with Crippen LogP contribution in [0.15, 0.2) is 4.99 Å². The quantitative estimate of drug-likeness (QED) is 0.701. The van der Waals surface area contributed by atoms with Gasteiger partial charge in [-0.25, -0.2) is 4.99 Å². The Morgan fingerprint density at radius 3 is 2.58 bits per heavy atom. The number of piperidine rings is 2. The van der Waals surface area contributed by atoms with E-state index < -0.39 is 5.54 Å². The molecular formula is C18H29N5O3. The Balaban J connectivity index is 1.34. The van der Waals surface area contributed by atoms with Gasteiger partial charge in [0.25, 0.3) is 5.91 Å². The Kier molecular flexibility index (Phi) is 4.88. The molecule has 8 nitrogen and oxygen atoms in total. The first-order chi connectivity index (χ1) is 12.6. The molecule has 4 rings (SSSR count). The zero-order valence-corrected chi connectivity index (χ0v) is 15.3. The van der Waals surface area contributed by atoms with Crippen molar-refractivity contribution in [2.24, 2.45) is 16.6 Å². The molecular weight excluding hydrogens is 334 g/mol. The van der Waals surface area contributed by atoms with Crippen LogP contribution in [0.5, 0.6) is 0 Å². The predicted molar refractivity (Wildman–Crippen MR) is 96.4 cm³/mol. The van der Waals surface area contributed by atoms with E-state index in [0.29, 0.717) is 32.0 Å². The summed E-state index contributed by atoms with van der Waals surface area (Å²) in [5.74, 6) is 0.401. The second kappa shape index (κ2) is 7.15. The fourth-order valence-electron chi connectivity index (χ4n) is 4.83. The highest BCUT2D eigenvalue weighted by atomic mass is 16.5. The Bertz CT molecular complexity index is 594. The summed E-state index contributed by atoms with van der Waals surface area (Å²) >= 11 is 0. The third kappa shape index (κ3) is 3.32. The van der Waals surface area contributed by atoms with Crippen LogP contribution in [-0.2, 0) is 14.3 Å². The first-order valence-corrected chi connectivity index (χ1v) is 9.85. The number of carbonyl (C=O) groups excluding carboxylic acids is 2. The van der Waals surface area contributed by atoms with Crippen molar-refractivity contribution >= 4 is 17.8 Å². The molecule has 4 aliphatic rings. The van der Waals surface area contributed by atoms with Gasteiger partial charge in [0, 0.05) is 38.9 Å². The average Bonchev–Trinajstić information content (AvgIpc) is 2.95. The van der Waals surface area contributed by atoms with E-state index in [1.807, 2.05) is 4.90 Å². The molecule has 26 heavy (non-hydrogen) atoms. The van der Waals surface area contributed by atoms with Crippen molar-refractivity contribution in [2.75, 3.05) is 39.4 Å². The Labute approximate surface area is 154 Å². The van der Waals surface area contributed by atoms with Gasteiger partial charge in [-0.15, -0.1) is 0 Å². The van der Waals surface area contributed by atoms with E-state index in [0.717, 1.165) is 52.0 Å². The van der Waals surface area contributed by atoms with Crippen molar-refractivity contribution in [3.63, 3.8) is 0 Å². The first kappa shape index (κ1) is 17.7. The monoisotopic (exact) mass is 363 g/mol. The molecule has 0 aromatic rings. The fourth-order valence-corrected chi connectivity index (χ4v) is 4.83. The third-order valence-corrected chi connectivity index (χ3v) is 6.41. The van der Waals surface area contributed by atoms with Crippen molar-refractivity contribution in [1.29, 1.82) is 0 Å². The van der Waals surface area contributed by atoms with Gasteiger partial charge in [-0.2, -0.15) is 0 Å². The number of aliphatic imine (C=N–C) groups is 1. The highest BCUT2D eigenvalue weighted by Gasteiger charge is 2.46. The molecule has 0 aliphatic carbocycles. The number of likely N-dealkylation sites (tertiary alicyclic amines) is 2. The van der Waals surface area contributed by atoms with Crippen LogP contribution in [0.2, 0.25) is 0 Å². The Morgan fingerprint density at radius 1 is 1.19 bits per heavy atom. The highest BCUT2D eigenvalue weighted by molar-refractivity contribution is 6.06. The van der Waals surface area contributed by atoms with Gasteiger partial charge in [0.15, 0.2) is 5.96 Å². The van der Waals surface area contributed by atoms with E-state index in [9.17, 15) is 9.59 Å². The van der Waals surface area contributed by atoms with Gasteiger partial charge < -0.3 is 15.4 Å². The number of nitrogens with one attached hydrogen (secondary N) is 1. The second-order valence-electron chi connectivity index (χ2n) is 7.99. The van der Waals surface area contributed by atoms with Gasteiger partial charge in [0.05, 0.1) is 5.92 Å². The molecule has 0 radical (unpaired) electrons. The minimum absolute atomic E-state index is 0.0756. The van der Waals surface area contributed by atoms with E-state index in [2.05, 4.69) is 15.2 Å². The zero-order chi connectivity index (χ0) is 18.1. The summed E-state index contributed by atoms with van der Waals surface area (Å²) in [4.78, 5) is 33.9. The van der Waals surface area contributed by atoms with Crippen LogP contribution in [0.25, 0.3) is 0 Å². The number of hydrogen-bond donors (Lipinski definition) is 2. The lowest BCUT2D eigenvalue weighted by Crippen LogP contribution is -2.54. The summed E-state index contributed by atoms with van der Waals surface area (Å²) in [5, 5.41) is 2.60. The van der Waals surface area contributed by atoms with Crippen molar-refractivity contribution in [3.8, 4) is 0 Å². The maximum Gasteiger partial charge on any atom is 0.254 e.